The number of hydrogen-bond donors (Lipinski definition) is 2. The molecule has 0 unspecified atom stereocenters. The topological polar surface area (TPSA) is 75.1 Å². The van der Waals surface area contributed by atoms with Gasteiger partial charge in [-0.3, -0.25) is 9.89 Å². The average molecular weight is 210 g/mol. The molecule has 5 nitrogen and oxygen atoms in total. The minimum atomic E-state index is -1.08. The van der Waals surface area contributed by atoms with Crippen LogP contribution < -0.4 is 5.56 Å². The van der Waals surface area contributed by atoms with Crippen molar-refractivity contribution in [3.8, 4) is 0 Å². The van der Waals surface area contributed by atoms with Gasteiger partial charge in [-0.25, -0.2) is 9.48 Å². The van der Waals surface area contributed by atoms with Crippen LogP contribution in [0.2, 0.25) is 0 Å². The Kier molecular flexibility index (Phi) is 2.62. The highest BCUT2D eigenvalue weighted by Gasteiger charge is 2.19. The van der Waals surface area contributed by atoms with Gasteiger partial charge in [0.15, 0.2) is 0 Å². The van der Waals surface area contributed by atoms with Crippen molar-refractivity contribution in [1.29, 1.82) is 0 Å². The molecule has 1 aliphatic carbocycles. The Bertz CT molecular complexity index is 413. The van der Waals surface area contributed by atoms with Crippen LogP contribution >= 0.6 is 0 Å². The maximum Gasteiger partial charge on any atom is 0.353 e. The van der Waals surface area contributed by atoms with Crippen LogP contribution in [0.3, 0.4) is 0 Å². The summed E-state index contributed by atoms with van der Waals surface area (Å²) < 4.78 is 1.46. The molecule has 1 fully saturated rings. The Hall–Kier alpha value is -1.52. The predicted molar refractivity (Wildman–Crippen MR) is 54.1 cm³/mol. The zero-order valence-corrected chi connectivity index (χ0v) is 8.40. The molecule has 0 atom stereocenters. The van der Waals surface area contributed by atoms with Crippen molar-refractivity contribution >= 4 is 5.97 Å². The van der Waals surface area contributed by atoms with E-state index in [4.69, 9.17) is 5.11 Å². The van der Waals surface area contributed by atoms with Crippen molar-refractivity contribution < 1.29 is 9.90 Å². The number of nitrogens with one attached hydrogen (secondary N) is 1. The summed E-state index contributed by atoms with van der Waals surface area (Å²) in [5.74, 6) is -1.08. The van der Waals surface area contributed by atoms with Gasteiger partial charge in [0.25, 0.3) is 5.56 Å². The zero-order valence-electron chi connectivity index (χ0n) is 8.40. The molecule has 1 aromatic heterocycles. The molecule has 1 aliphatic rings. The van der Waals surface area contributed by atoms with Crippen molar-refractivity contribution in [3.63, 3.8) is 0 Å². The van der Waals surface area contributed by atoms with Crippen LogP contribution in [0.15, 0.2) is 10.9 Å². The standard InChI is InChI=1S/C10H14N2O3/c13-9-6-8(10(14)15)11-12(9)7-4-2-1-3-5-7/h6-7,11H,1-5H2,(H,14,15). The lowest BCUT2D eigenvalue weighted by atomic mass is 9.96. The average Bonchev–Trinajstić information content (AvgIpc) is 2.62. The molecule has 0 amide bonds. The normalized spacial score (nSPS) is 17.9. The molecule has 5 heteroatoms. The van der Waals surface area contributed by atoms with Crippen LogP contribution in [0.5, 0.6) is 0 Å². The van der Waals surface area contributed by atoms with Crippen LogP contribution in [0.4, 0.5) is 0 Å². The number of hydrogen-bond acceptors (Lipinski definition) is 2. The van der Waals surface area contributed by atoms with Gasteiger partial charge in [-0.05, 0) is 12.8 Å². The molecule has 0 saturated heterocycles. The molecular weight excluding hydrogens is 196 g/mol. The van der Waals surface area contributed by atoms with Crippen LogP contribution in [-0.4, -0.2) is 20.9 Å². The lowest BCUT2D eigenvalue weighted by molar-refractivity contribution is 0.0689. The van der Waals surface area contributed by atoms with E-state index in [0.29, 0.717) is 0 Å². The van der Waals surface area contributed by atoms with Gasteiger partial charge in [-0.2, -0.15) is 0 Å². The molecule has 0 radical (unpaired) electrons. The fraction of sp³-hybridized carbons (Fsp3) is 0.600. The molecule has 1 aromatic rings. The third kappa shape index (κ3) is 1.95. The molecule has 0 spiro atoms. The summed E-state index contributed by atoms with van der Waals surface area (Å²) in [5, 5.41) is 11.4. The van der Waals surface area contributed by atoms with Crippen LogP contribution in [0, 0.1) is 0 Å². The second-order valence-electron chi connectivity index (χ2n) is 3.98. The van der Waals surface area contributed by atoms with Gasteiger partial charge in [0.05, 0.1) is 6.04 Å². The summed E-state index contributed by atoms with van der Waals surface area (Å²) in [6, 6.07) is 1.30. The highest BCUT2D eigenvalue weighted by molar-refractivity contribution is 5.84. The summed E-state index contributed by atoms with van der Waals surface area (Å²) in [5.41, 5.74) is -0.259. The Balaban J connectivity index is 2.27. The highest BCUT2D eigenvalue weighted by atomic mass is 16.4. The van der Waals surface area contributed by atoms with Gasteiger partial charge >= 0.3 is 5.97 Å². The molecule has 1 heterocycles. The lowest BCUT2D eigenvalue weighted by Gasteiger charge is -2.21. The number of rotatable bonds is 2. The fourth-order valence-electron chi connectivity index (χ4n) is 2.13. The monoisotopic (exact) mass is 210 g/mol. The van der Waals surface area contributed by atoms with E-state index >= 15 is 0 Å². The van der Waals surface area contributed by atoms with Gasteiger partial charge in [-0.1, -0.05) is 19.3 Å². The maximum absolute atomic E-state index is 11.5. The minimum absolute atomic E-state index is 0.0226. The van der Waals surface area contributed by atoms with Crippen LogP contribution in [-0.2, 0) is 0 Å². The number of aromatic amines is 1. The summed E-state index contributed by atoms with van der Waals surface area (Å²) in [7, 11) is 0. The first-order valence-corrected chi connectivity index (χ1v) is 5.23. The van der Waals surface area contributed by atoms with Crippen molar-refractivity contribution in [2.75, 3.05) is 0 Å². The largest absolute Gasteiger partial charge is 0.477 e. The first kappa shape index (κ1) is 10.0. The first-order chi connectivity index (χ1) is 7.18. The number of aromatic nitrogens is 2. The van der Waals surface area contributed by atoms with E-state index < -0.39 is 5.97 Å². The van der Waals surface area contributed by atoms with Gasteiger partial charge in [0, 0.05) is 6.07 Å². The molecule has 15 heavy (non-hydrogen) atoms. The predicted octanol–water partition coefficient (Wildman–Crippen LogP) is 1.38. The molecular formula is C10H14N2O3. The van der Waals surface area contributed by atoms with E-state index in [-0.39, 0.29) is 17.3 Å². The van der Waals surface area contributed by atoms with Crippen molar-refractivity contribution in [3.05, 3.63) is 22.1 Å². The molecule has 82 valence electrons. The highest BCUT2D eigenvalue weighted by Crippen LogP contribution is 2.26. The molecule has 0 aromatic carbocycles. The van der Waals surface area contributed by atoms with E-state index in [1.165, 1.54) is 11.1 Å². The van der Waals surface area contributed by atoms with Gasteiger partial charge < -0.3 is 5.11 Å². The second kappa shape index (κ2) is 3.92. The van der Waals surface area contributed by atoms with E-state index in [1.54, 1.807) is 0 Å². The van der Waals surface area contributed by atoms with E-state index in [9.17, 15) is 9.59 Å². The summed E-state index contributed by atoms with van der Waals surface area (Å²) in [6.07, 6.45) is 5.34. The minimum Gasteiger partial charge on any atom is -0.477 e. The van der Waals surface area contributed by atoms with Crippen LogP contribution in [0.25, 0.3) is 0 Å². The van der Waals surface area contributed by atoms with E-state index in [1.807, 2.05) is 0 Å². The zero-order chi connectivity index (χ0) is 10.8. The summed E-state index contributed by atoms with van der Waals surface area (Å²) in [4.78, 5) is 22.2. The smallest absolute Gasteiger partial charge is 0.353 e. The number of nitrogens with zero attached hydrogens (tertiary/aromatic N) is 1. The second-order valence-corrected chi connectivity index (χ2v) is 3.98. The quantitative estimate of drug-likeness (QED) is 0.774. The van der Waals surface area contributed by atoms with Gasteiger partial charge in [0.1, 0.15) is 5.69 Å². The van der Waals surface area contributed by atoms with Crippen molar-refractivity contribution in [2.45, 2.75) is 38.1 Å². The Labute approximate surface area is 86.7 Å². The number of H-pyrrole nitrogens is 1. The maximum atomic E-state index is 11.5. The molecule has 0 aliphatic heterocycles. The third-order valence-electron chi connectivity index (χ3n) is 2.92. The van der Waals surface area contributed by atoms with Gasteiger partial charge in [0.2, 0.25) is 0 Å². The third-order valence-corrected chi connectivity index (χ3v) is 2.92. The lowest BCUT2D eigenvalue weighted by Crippen LogP contribution is -2.23. The SMILES string of the molecule is O=C(O)c1cc(=O)n(C2CCCCC2)[nH]1. The van der Waals surface area contributed by atoms with Crippen molar-refractivity contribution in [1.82, 2.24) is 9.78 Å². The molecule has 1 saturated carbocycles. The summed E-state index contributed by atoms with van der Waals surface area (Å²) >= 11 is 0. The molecule has 2 N–H and O–H groups in total. The fourth-order valence-corrected chi connectivity index (χ4v) is 2.13. The number of carboxylic acid groups (broad SMARTS) is 1. The Morgan fingerprint density at radius 2 is 2.07 bits per heavy atom. The van der Waals surface area contributed by atoms with Crippen LogP contribution in [0.1, 0.15) is 48.6 Å². The number of carbonyl (C=O) groups is 1. The first-order valence-electron chi connectivity index (χ1n) is 5.23. The summed E-state index contributed by atoms with van der Waals surface area (Å²) in [6.45, 7) is 0. The Morgan fingerprint density at radius 1 is 1.40 bits per heavy atom. The van der Waals surface area contributed by atoms with E-state index in [2.05, 4.69) is 5.10 Å². The van der Waals surface area contributed by atoms with E-state index in [0.717, 1.165) is 31.7 Å². The Morgan fingerprint density at radius 3 is 2.60 bits per heavy atom. The number of carboxylic acids is 1. The van der Waals surface area contributed by atoms with Gasteiger partial charge in [-0.15, -0.1) is 0 Å². The van der Waals surface area contributed by atoms with Crippen molar-refractivity contribution in [2.24, 2.45) is 0 Å². The molecule has 0 bridgehead atoms. The molecule has 2 rings (SSSR count). The number of aromatic carboxylic acids is 1.